The monoisotopic (exact) mass is 448 g/mol. The number of nitrogens with zero attached hydrogens (tertiary/aromatic N) is 4. The number of aromatic nitrogens is 3. The molecule has 0 saturated heterocycles. The molecule has 0 unspecified atom stereocenters. The van der Waals surface area contributed by atoms with Gasteiger partial charge in [0.1, 0.15) is 35.7 Å². The number of hydrogen-bond acceptors (Lipinski definition) is 6. The molecule has 1 aromatic carbocycles. The number of halogens is 2. The van der Waals surface area contributed by atoms with E-state index < -0.39 is 12.1 Å². The fourth-order valence-electron chi connectivity index (χ4n) is 3.08. The number of cyclic esters (lactones) is 1. The number of ether oxygens (including phenoxy) is 2. The number of hydrogen-bond donors (Lipinski definition) is 0. The van der Waals surface area contributed by atoms with Crippen molar-refractivity contribution in [3.8, 4) is 5.75 Å². The van der Waals surface area contributed by atoms with Gasteiger partial charge in [0.15, 0.2) is 5.65 Å². The summed E-state index contributed by atoms with van der Waals surface area (Å²) in [4.78, 5) is 19.1. The molecule has 0 aliphatic carbocycles. The topological polar surface area (TPSA) is 69.0 Å². The highest BCUT2D eigenvalue weighted by atomic mass is 79.9. The van der Waals surface area contributed by atoms with Crippen molar-refractivity contribution in [1.82, 2.24) is 14.6 Å². The van der Waals surface area contributed by atoms with Crippen LogP contribution in [0.3, 0.4) is 0 Å². The second-order valence-corrected chi connectivity index (χ2v) is 7.28. The van der Waals surface area contributed by atoms with Crippen molar-refractivity contribution < 1.29 is 18.7 Å². The van der Waals surface area contributed by atoms with Crippen molar-refractivity contribution in [1.29, 1.82) is 0 Å². The molecule has 0 spiro atoms. The fraction of sp³-hybridized carbons (Fsp3) is 0.316. The summed E-state index contributed by atoms with van der Waals surface area (Å²) in [6.07, 6.45) is 2.76. The van der Waals surface area contributed by atoms with Crippen molar-refractivity contribution in [2.45, 2.75) is 26.5 Å². The summed E-state index contributed by atoms with van der Waals surface area (Å²) in [6.45, 7) is 4.80. The van der Waals surface area contributed by atoms with Gasteiger partial charge in [-0.2, -0.15) is 5.10 Å². The number of carbonyl (C=O) groups excluding carboxylic acids is 1. The van der Waals surface area contributed by atoms with Crippen LogP contribution in [0.1, 0.15) is 29.8 Å². The Morgan fingerprint density at radius 3 is 2.96 bits per heavy atom. The lowest BCUT2D eigenvalue weighted by Gasteiger charge is -2.25. The number of rotatable bonds is 1. The molecule has 2 aromatic heterocycles. The van der Waals surface area contributed by atoms with Crippen LogP contribution in [0.4, 0.5) is 10.2 Å². The van der Waals surface area contributed by atoms with Gasteiger partial charge in [0.2, 0.25) is 0 Å². The summed E-state index contributed by atoms with van der Waals surface area (Å²) in [5.74, 6) is 0.277. The van der Waals surface area contributed by atoms with Gasteiger partial charge in [-0.15, -0.1) is 0 Å². The highest BCUT2D eigenvalue weighted by Crippen LogP contribution is 2.33. The highest BCUT2D eigenvalue weighted by Gasteiger charge is 2.22. The molecule has 4 rings (SSSR count). The van der Waals surface area contributed by atoms with Gasteiger partial charge in [0.25, 0.3) is 0 Å². The zero-order valence-electron chi connectivity index (χ0n) is 15.4. The molecule has 7 nitrogen and oxygen atoms in total. The molecule has 3 aromatic rings. The maximum atomic E-state index is 14.2. The zero-order chi connectivity index (χ0) is 19.8. The van der Waals surface area contributed by atoms with Crippen LogP contribution in [0.5, 0.6) is 5.75 Å². The quantitative estimate of drug-likeness (QED) is 0.529. The number of benzene rings is 1. The molecule has 3 heterocycles. The van der Waals surface area contributed by atoms with Crippen molar-refractivity contribution in [2.75, 3.05) is 18.1 Å². The summed E-state index contributed by atoms with van der Waals surface area (Å²) >= 11 is 3.34. The lowest BCUT2D eigenvalue weighted by molar-refractivity contribution is 0.0342. The first-order valence-corrected chi connectivity index (χ1v) is 9.67. The number of esters is 1. The standard InChI is InChI=1S/C19H18BrFN4O3/c1-3-24-9-13-15(5-4-14(21)17(13)20)28-11(2)10-27-19(26)12-8-22-25-7-6-16(24)23-18(12)25/h4-8,11H,3,9-10H2,1-2H3/t11-/m0/s1. The minimum atomic E-state index is -0.516. The third kappa shape index (κ3) is 3.30. The second-order valence-electron chi connectivity index (χ2n) is 6.49. The Bertz CT molecular complexity index is 1060. The first-order chi connectivity index (χ1) is 13.5. The van der Waals surface area contributed by atoms with E-state index in [0.29, 0.717) is 40.3 Å². The van der Waals surface area contributed by atoms with Gasteiger partial charge in [-0.3, -0.25) is 0 Å². The predicted octanol–water partition coefficient (Wildman–Crippen LogP) is 3.60. The molecule has 2 bridgehead atoms. The molecule has 0 fully saturated rings. The van der Waals surface area contributed by atoms with Crippen LogP contribution >= 0.6 is 15.9 Å². The summed E-state index contributed by atoms with van der Waals surface area (Å²) in [5.41, 5.74) is 1.36. The maximum Gasteiger partial charge on any atom is 0.343 e. The summed E-state index contributed by atoms with van der Waals surface area (Å²) in [6, 6.07) is 4.74. The Morgan fingerprint density at radius 1 is 1.36 bits per heavy atom. The van der Waals surface area contributed by atoms with Crippen LogP contribution < -0.4 is 9.64 Å². The third-order valence-electron chi connectivity index (χ3n) is 4.56. The Morgan fingerprint density at radius 2 is 2.18 bits per heavy atom. The molecule has 1 aliphatic rings. The molecule has 28 heavy (non-hydrogen) atoms. The van der Waals surface area contributed by atoms with Crippen LogP contribution in [0.15, 0.2) is 35.1 Å². The van der Waals surface area contributed by atoms with Crippen LogP contribution in [0, 0.1) is 5.82 Å². The first kappa shape index (κ1) is 18.7. The zero-order valence-corrected chi connectivity index (χ0v) is 16.9. The molecule has 1 aliphatic heterocycles. The smallest absolute Gasteiger partial charge is 0.343 e. The number of fused-ring (bicyclic) bond motifs is 2. The van der Waals surface area contributed by atoms with Gasteiger partial charge in [0, 0.05) is 24.8 Å². The lowest BCUT2D eigenvalue weighted by atomic mass is 10.1. The molecule has 0 radical (unpaired) electrons. The molecular weight excluding hydrogens is 431 g/mol. The molecule has 0 N–H and O–H groups in total. The number of anilines is 1. The first-order valence-electron chi connectivity index (χ1n) is 8.88. The molecule has 0 amide bonds. The van der Waals surface area contributed by atoms with Crippen molar-refractivity contribution in [2.24, 2.45) is 0 Å². The third-order valence-corrected chi connectivity index (χ3v) is 5.42. The van der Waals surface area contributed by atoms with E-state index in [9.17, 15) is 9.18 Å². The average Bonchev–Trinajstić information content (AvgIpc) is 3.11. The molecule has 1 atom stereocenters. The Balaban J connectivity index is 1.87. The van der Waals surface area contributed by atoms with E-state index in [0.717, 1.165) is 0 Å². The lowest BCUT2D eigenvalue weighted by Crippen LogP contribution is -2.25. The predicted molar refractivity (Wildman–Crippen MR) is 104 cm³/mol. The van der Waals surface area contributed by atoms with E-state index in [4.69, 9.17) is 9.47 Å². The van der Waals surface area contributed by atoms with Gasteiger partial charge in [-0.1, -0.05) is 0 Å². The van der Waals surface area contributed by atoms with Gasteiger partial charge in [0.05, 0.1) is 10.7 Å². The van der Waals surface area contributed by atoms with Crippen LogP contribution in [0.25, 0.3) is 5.65 Å². The van der Waals surface area contributed by atoms with E-state index in [1.165, 1.54) is 16.8 Å². The van der Waals surface area contributed by atoms with Crippen LogP contribution in [-0.4, -0.2) is 39.8 Å². The van der Waals surface area contributed by atoms with E-state index in [-0.39, 0.29) is 18.0 Å². The highest BCUT2D eigenvalue weighted by molar-refractivity contribution is 9.10. The van der Waals surface area contributed by atoms with Crippen molar-refractivity contribution in [3.05, 3.63) is 52.0 Å². The Kier molecular flexibility index (Phi) is 4.92. The van der Waals surface area contributed by atoms with Crippen molar-refractivity contribution in [3.63, 3.8) is 0 Å². The Hall–Kier alpha value is -2.68. The maximum absolute atomic E-state index is 14.2. The molecular formula is C19H18BrFN4O3. The summed E-state index contributed by atoms with van der Waals surface area (Å²) < 4.78 is 27.4. The summed E-state index contributed by atoms with van der Waals surface area (Å²) in [5, 5.41) is 4.16. The molecule has 146 valence electrons. The van der Waals surface area contributed by atoms with E-state index in [1.807, 2.05) is 11.8 Å². The van der Waals surface area contributed by atoms with Gasteiger partial charge in [-0.05, 0) is 48.0 Å². The van der Waals surface area contributed by atoms with E-state index >= 15 is 0 Å². The van der Waals surface area contributed by atoms with E-state index in [2.05, 4.69) is 26.0 Å². The van der Waals surface area contributed by atoms with Crippen LogP contribution in [-0.2, 0) is 11.3 Å². The molecule has 0 saturated carbocycles. The number of carbonyl (C=O) groups is 1. The average molecular weight is 449 g/mol. The second kappa shape index (κ2) is 7.38. The fourth-order valence-corrected chi connectivity index (χ4v) is 3.53. The largest absolute Gasteiger partial charge is 0.487 e. The van der Waals surface area contributed by atoms with E-state index in [1.54, 1.807) is 25.3 Å². The van der Waals surface area contributed by atoms with Gasteiger partial charge in [-0.25, -0.2) is 18.7 Å². The van der Waals surface area contributed by atoms with Gasteiger partial charge >= 0.3 is 5.97 Å². The van der Waals surface area contributed by atoms with Gasteiger partial charge < -0.3 is 14.4 Å². The molecule has 9 heteroatoms. The summed E-state index contributed by atoms with van der Waals surface area (Å²) in [7, 11) is 0. The minimum Gasteiger partial charge on any atom is -0.487 e. The normalized spacial score (nSPS) is 17.4. The van der Waals surface area contributed by atoms with Crippen molar-refractivity contribution >= 4 is 33.4 Å². The Labute approximate surface area is 169 Å². The minimum absolute atomic E-state index is 0.0434. The van der Waals surface area contributed by atoms with Crippen LogP contribution in [0.2, 0.25) is 0 Å². The SMILES string of the molecule is CCN1Cc2c(ccc(F)c2Br)O[C@@H](C)COC(=O)c2cnn3ccc1nc23.